The van der Waals surface area contributed by atoms with Crippen LogP contribution in [0.5, 0.6) is 0 Å². The smallest absolute Gasteiger partial charge is 0.251 e. The molecule has 0 atom stereocenters. The third-order valence-corrected chi connectivity index (χ3v) is 5.03. The first-order valence-corrected chi connectivity index (χ1v) is 9.50. The van der Waals surface area contributed by atoms with E-state index in [1.54, 1.807) is 6.92 Å². The van der Waals surface area contributed by atoms with Crippen LogP contribution in [-0.4, -0.2) is 21.1 Å². The van der Waals surface area contributed by atoms with Crippen molar-refractivity contribution in [2.45, 2.75) is 59.4 Å². The predicted molar refractivity (Wildman–Crippen MR) is 103 cm³/mol. The molecule has 1 aliphatic carbocycles. The van der Waals surface area contributed by atoms with Crippen molar-refractivity contribution in [2.75, 3.05) is 0 Å². The lowest BCUT2D eigenvalue weighted by atomic mass is 9.84. The van der Waals surface area contributed by atoms with Crippen LogP contribution < -0.4 is 11.1 Å². The fourth-order valence-corrected chi connectivity index (χ4v) is 3.78. The van der Waals surface area contributed by atoms with Gasteiger partial charge in [0.05, 0.1) is 11.1 Å². The van der Waals surface area contributed by atoms with E-state index < -0.39 is 11.3 Å². The number of aryl methyl sites for hydroxylation is 2. The Bertz CT molecular complexity index is 1040. The Balaban J connectivity index is 2.28. The van der Waals surface area contributed by atoms with Gasteiger partial charge in [0.2, 0.25) is 11.3 Å². The summed E-state index contributed by atoms with van der Waals surface area (Å²) in [5, 5.41) is 0. The lowest BCUT2D eigenvalue weighted by molar-refractivity contribution is 0.0964. The van der Waals surface area contributed by atoms with Gasteiger partial charge >= 0.3 is 0 Å². The number of carbonyl (C=O) groups excluding carboxylic acids is 2. The Hall–Kier alpha value is -2.76. The first-order valence-electron chi connectivity index (χ1n) is 9.50. The number of hydrogen-bond donors (Lipinski definition) is 1. The number of aromatic amines is 1. The second-order valence-corrected chi connectivity index (χ2v) is 7.07. The summed E-state index contributed by atoms with van der Waals surface area (Å²) in [4.78, 5) is 53.6. The van der Waals surface area contributed by atoms with Crippen LogP contribution in [-0.2, 0) is 13.0 Å². The van der Waals surface area contributed by atoms with Gasteiger partial charge < -0.3 is 9.55 Å². The summed E-state index contributed by atoms with van der Waals surface area (Å²) in [6.45, 7) is 6.06. The zero-order valence-electron chi connectivity index (χ0n) is 16.0. The van der Waals surface area contributed by atoms with Crippen LogP contribution in [0.15, 0.2) is 21.7 Å². The number of rotatable bonds is 6. The van der Waals surface area contributed by atoms with Gasteiger partial charge in [-0.2, -0.15) is 0 Å². The zero-order chi connectivity index (χ0) is 19.7. The molecule has 0 radical (unpaired) electrons. The van der Waals surface area contributed by atoms with E-state index in [4.69, 9.17) is 0 Å². The highest BCUT2D eigenvalue weighted by Gasteiger charge is 2.36. The molecule has 0 saturated heterocycles. The zero-order valence-corrected chi connectivity index (χ0v) is 16.0. The number of pyridine rings is 2. The molecule has 3 rings (SSSR count). The molecule has 6 nitrogen and oxygen atoms in total. The molecule has 2 heterocycles. The minimum atomic E-state index is -0.452. The van der Waals surface area contributed by atoms with Crippen molar-refractivity contribution in [1.82, 2.24) is 9.55 Å². The topological polar surface area (TPSA) is 89.0 Å². The minimum absolute atomic E-state index is 0.0118. The quantitative estimate of drug-likeness (QED) is 0.678. The van der Waals surface area contributed by atoms with Gasteiger partial charge in [0, 0.05) is 18.7 Å². The Morgan fingerprint density at radius 2 is 1.67 bits per heavy atom. The van der Waals surface area contributed by atoms with Gasteiger partial charge in [-0.25, -0.2) is 0 Å². The van der Waals surface area contributed by atoms with Crippen LogP contribution in [0.4, 0.5) is 0 Å². The van der Waals surface area contributed by atoms with Crippen molar-refractivity contribution >= 4 is 11.6 Å². The van der Waals surface area contributed by atoms with Crippen LogP contribution in [0.3, 0.4) is 0 Å². The van der Waals surface area contributed by atoms with Crippen LogP contribution >= 0.6 is 0 Å². The van der Waals surface area contributed by atoms with Crippen LogP contribution in [0, 0.1) is 6.92 Å². The molecular weight excluding hydrogens is 344 g/mol. The number of hydrogen-bond acceptors (Lipinski definition) is 4. The number of nitrogens with zero attached hydrogens (tertiary/aromatic N) is 1. The van der Waals surface area contributed by atoms with Crippen molar-refractivity contribution in [3.8, 4) is 0 Å². The van der Waals surface area contributed by atoms with E-state index in [9.17, 15) is 19.2 Å². The molecule has 0 unspecified atom stereocenters. The van der Waals surface area contributed by atoms with Gasteiger partial charge in [0.1, 0.15) is 11.4 Å². The highest BCUT2D eigenvalue weighted by molar-refractivity contribution is 6.28. The molecule has 0 spiro atoms. The summed E-state index contributed by atoms with van der Waals surface area (Å²) < 4.78 is 1.39. The molecule has 142 valence electrons. The van der Waals surface area contributed by atoms with Gasteiger partial charge in [-0.05, 0) is 30.9 Å². The molecule has 1 aliphatic rings. The van der Waals surface area contributed by atoms with E-state index >= 15 is 0 Å². The number of aromatic nitrogens is 2. The molecule has 0 aliphatic heterocycles. The summed E-state index contributed by atoms with van der Waals surface area (Å²) in [6.07, 6.45) is 3.93. The van der Waals surface area contributed by atoms with Crippen molar-refractivity contribution in [2.24, 2.45) is 0 Å². The van der Waals surface area contributed by atoms with E-state index in [0.29, 0.717) is 24.1 Å². The fourth-order valence-electron chi connectivity index (χ4n) is 3.78. The molecule has 0 amide bonds. The lowest BCUT2D eigenvalue weighted by Gasteiger charge is -2.24. The Labute approximate surface area is 157 Å². The maximum absolute atomic E-state index is 13.3. The number of unbranched alkanes of at least 4 members (excludes halogenated alkanes) is 2. The molecule has 1 N–H and O–H groups in total. The number of H-pyrrole nitrogens is 1. The van der Waals surface area contributed by atoms with Crippen molar-refractivity contribution in [1.29, 1.82) is 0 Å². The van der Waals surface area contributed by atoms with E-state index in [-0.39, 0.29) is 33.9 Å². The summed E-state index contributed by atoms with van der Waals surface area (Å²) in [6, 6.07) is 2.82. The number of carbonyl (C=O) groups is 2. The van der Waals surface area contributed by atoms with Gasteiger partial charge in [-0.15, -0.1) is 0 Å². The van der Waals surface area contributed by atoms with Gasteiger partial charge in [0.25, 0.3) is 5.56 Å². The lowest BCUT2D eigenvalue weighted by Crippen LogP contribution is -2.36. The standard InChI is InChI=1S/C21H24N2O4/c1-4-6-7-9-23-15(25)10-12(3)16-19(23)21(27)18-17(20(16)26)13(8-5-2)11-14(24)22-18/h10-11H,4-9H2,1-3H3,(H,22,24). The molecule has 27 heavy (non-hydrogen) atoms. The third kappa shape index (κ3) is 3.20. The van der Waals surface area contributed by atoms with Crippen LogP contribution in [0.2, 0.25) is 0 Å². The van der Waals surface area contributed by atoms with Crippen LogP contribution in [0.1, 0.15) is 82.8 Å². The summed E-state index contributed by atoms with van der Waals surface area (Å²) in [5.41, 5.74) is 1.07. The molecule has 2 aromatic heterocycles. The van der Waals surface area contributed by atoms with E-state index in [0.717, 1.165) is 25.7 Å². The summed E-state index contributed by atoms with van der Waals surface area (Å²) in [5.74, 6) is -0.743. The molecule has 0 aromatic carbocycles. The highest BCUT2D eigenvalue weighted by atomic mass is 16.2. The Morgan fingerprint density at radius 1 is 0.926 bits per heavy atom. The van der Waals surface area contributed by atoms with Crippen molar-refractivity contribution < 1.29 is 9.59 Å². The fraction of sp³-hybridized carbons (Fsp3) is 0.429. The highest BCUT2D eigenvalue weighted by Crippen LogP contribution is 2.29. The molecule has 6 heteroatoms. The maximum Gasteiger partial charge on any atom is 0.251 e. The Kier molecular flexibility index (Phi) is 5.26. The molecule has 0 fully saturated rings. The van der Waals surface area contributed by atoms with E-state index in [2.05, 4.69) is 11.9 Å². The second-order valence-electron chi connectivity index (χ2n) is 7.07. The van der Waals surface area contributed by atoms with Crippen LogP contribution in [0.25, 0.3) is 0 Å². The number of fused-ring (bicyclic) bond motifs is 2. The van der Waals surface area contributed by atoms with Gasteiger partial charge in [-0.1, -0.05) is 33.1 Å². The Morgan fingerprint density at radius 3 is 2.33 bits per heavy atom. The number of nitrogens with one attached hydrogen (secondary N) is 1. The second kappa shape index (κ2) is 7.47. The SMILES string of the molecule is CCCCCn1c2c(c(C)cc1=O)C(=O)c1c(CCC)cc(=O)[nH]c1C2=O. The molecule has 0 saturated carbocycles. The average molecular weight is 368 g/mol. The average Bonchev–Trinajstić information content (AvgIpc) is 2.61. The summed E-state index contributed by atoms with van der Waals surface area (Å²) >= 11 is 0. The van der Waals surface area contributed by atoms with E-state index in [1.165, 1.54) is 16.7 Å². The van der Waals surface area contributed by atoms with Gasteiger partial charge in [-0.3, -0.25) is 19.2 Å². The molecular formula is C21H24N2O4. The largest absolute Gasteiger partial charge is 0.318 e. The van der Waals surface area contributed by atoms with Gasteiger partial charge in [0.15, 0.2) is 5.78 Å². The monoisotopic (exact) mass is 368 g/mol. The molecule has 2 aromatic rings. The first kappa shape index (κ1) is 19.0. The van der Waals surface area contributed by atoms with Crippen molar-refractivity contribution in [3.63, 3.8) is 0 Å². The first-order chi connectivity index (χ1) is 12.9. The molecule has 0 bridgehead atoms. The normalized spacial score (nSPS) is 12.9. The maximum atomic E-state index is 13.3. The third-order valence-electron chi connectivity index (χ3n) is 5.03. The summed E-state index contributed by atoms with van der Waals surface area (Å²) in [7, 11) is 0. The van der Waals surface area contributed by atoms with Crippen molar-refractivity contribution in [3.05, 3.63) is 66.5 Å². The predicted octanol–water partition coefficient (Wildman–Crippen LogP) is 2.76. The number of ketones is 2. The minimum Gasteiger partial charge on any atom is -0.318 e. The van der Waals surface area contributed by atoms with E-state index in [1.807, 2.05) is 6.92 Å².